The van der Waals surface area contributed by atoms with Gasteiger partial charge in [-0.05, 0) is 37.0 Å². The summed E-state index contributed by atoms with van der Waals surface area (Å²) in [5.41, 5.74) is 1.19. The summed E-state index contributed by atoms with van der Waals surface area (Å²) in [4.78, 5) is 6.77. The Kier molecular flexibility index (Phi) is 5.02. The average molecular weight is 302 g/mol. The molecule has 1 saturated heterocycles. The highest BCUT2D eigenvalue weighted by molar-refractivity contribution is 5.80. The van der Waals surface area contributed by atoms with Crippen molar-refractivity contribution in [2.75, 3.05) is 19.6 Å². The summed E-state index contributed by atoms with van der Waals surface area (Å²) in [5.74, 6) is 0.496. The number of nitriles is 1. The number of halogens is 1. The van der Waals surface area contributed by atoms with Gasteiger partial charge in [0.1, 0.15) is 5.82 Å². The van der Waals surface area contributed by atoms with E-state index in [9.17, 15) is 4.39 Å². The number of nitrogens with zero attached hydrogens (tertiary/aromatic N) is 3. The molecule has 1 N–H and O–H groups in total. The van der Waals surface area contributed by atoms with Crippen molar-refractivity contribution in [3.63, 3.8) is 0 Å². The van der Waals surface area contributed by atoms with E-state index in [1.54, 1.807) is 6.07 Å². The Morgan fingerprint density at radius 1 is 1.50 bits per heavy atom. The molecule has 0 amide bonds. The smallest absolute Gasteiger partial charge is 0.194 e. The van der Waals surface area contributed by atoms with Crippen molar-refractivity contribution >= 4 is 5.96 Å². The Balaban J connectivity index is 2.16. The van der Waals surface area contributed by atoms with E-state index < -0.39 is 0 Å². The molecule has 0 spiro atoms. The first-order valence-corrected chi connectivity index (χ1v) is 7.67. The van der Waals surface area contributed by atoms with E-state index in [4.69, 9.17) is 5.26 Å². The van der Waals surface area contributed by atoms with Crippen molar-refractivity contribution in [2.45, 2.75) is 33.7 Å². The van der Waals surface area contributed by atoms with E-state index in [2.05, 4.69) is 29.1 Å². The minimum absolute atomic E-state index is 0.237. The van der Waals surface area contributed by atoms with Crippen LogP contribution >= 0.6 is 0 Å². The van der Waals surface area contributed by atoms with Crippen molar-refractivity contribution < 1.29 is 4.39 Å². The van der Waals surface area contributed by atoms with Crippen LogP contribution in [0.5, 0.6) is 0 Å². The molecule has 1 aliphatic heterocycles. The lowest BCUT2D eigenvalue weighted by Gasteiger charge is -2.23. The third-order valence-electron chi connectivity index (χ3n) is 3.89. The van der Waals surface area contributed by atoms with E-state index in [0.717, 1.165) is 32.0 Å². The molecule has 22 heavy (non-hydrogen) atoms. The number of rotatable bonds is 3. The third-order valence-corrected chi connectivity index (χ3v) is 3.89. The summed E-state index contributed by atoms with van der Waals surface area (Å²) in [6.07, 6.45) is 1.12. The number of guanidine groups is 1. The second kappa shape index (κ2) is 6.78. The summed E-state index contributed by atoms with van der Waals surface area (Å²) in [6.45, 7) is 9.42. The van der Waals surface area contributed by atoms with Gasteiger partial charge in [0.15, 0.2) is 5.96 Å². The highest BCUT2D eigenvalue weighted by atomic mass is 19.1. The molecule has 0 radical (unpaired) electrons. The van der Waals surface area contributed by atoms with Crippen LogP contribution in [-0.4, -0.2) is 30.5 Å². The molecule has 1 fully saturated rings. The van der Waals surface area contributed by atoms with Crippen LogP contribution in [0.3, 0.4) is 0 Å². The second-order valence-electron chi connectivity index (χ2n) is 6.42. The third kappa shape index (κ3) is 3.97. The number of benzene rings is 1. The highest BCUT2D eigenvalue weighted by Crippen LogP contribution is 2.28. The molecular weight excluding hydrogens is 279 g/mol. The van der Waals surface area contributed by atoms with Crippen molar-refractivity contribution in [2.24, 2.45) is 10.4 Å². The maximum atomic E-state index is 13.8. The van der Waals surface area contributed by atoms with E-state index in [1.807, 2.05) is 13.0 Å². The predicted octanol–water partition coefficient (Wildman–Crippen LogP) is 2.89. The number of nitrogens with one attached hydrogen (secondary N) is 1. The van der Waals surface area contributed by atoms with E-state index in [0.29, 0.717) is 11.1 Å². The second-order valence-corrected chi connectivity index (χ2v) is 6.42. The Morgan fingerprint density at radius 2 is 2.27 bits per heavy atom. The van der Waals surface area contributed by atoms with E-state index >= 15 is 0 Å². The van der Waals surface area contributed by atoms with Crippen LogP contribution < -0.4 is 5.32 Å². The van der Waals surface area contributed by atoms with Crippen molar-refractivity contribution in [1.82, 2.24) is 10.2 Å². The van der Waals surface area contributed by atoms with Crippen LogP contribution in [0.4, 0.5) is 4.39 Å². The zero-order chi connectivity index (χ0) is 16.2. The van der Waals surface area contributed by atoms with Gasteiger partial charge >= 0.3 is 0 Å². The van der Waals surface area contributed by atoms with Gasteiger partial charge in [-0.15, -0.1) is 0 Å². The number of hydrogen-bond donors (Lipinski definition) is 1. The van der Waals surface area contributed by atoms with Gasteiger partial charge in [0, 0.05) is 25.2 Å². The number of likely N-dealkylation sites (tertiary alicyclic amines) is 1. The lowest BCUT2D eigenvalue weighted by atomic mass is 9.93. The first kappa shape index (κ1) is 16.3. The molecule has 4 nitrogen and oxygen atoms in total. The van der Waals surface area contributed by atoms with Crippen LogP contribution in [0.25, 0.3) is 0 Å². The van der Waals surface area contributed by atoms with Gasteiger partial charge in [-0.25, -0.2) is 9.38 Å². The fraction of sp³-hybridized carbons (Fsp3) is 0.529. The molecule has 5 heteroatoms. The zero-order valence-corrected chi connectivity index (χ0v) is 13.5. The van der Waals surface area contributed by atoms with Gasteiger partial charge in [0.2, 0.25) is 0 Å². The fourth-order valence-electron chi connectivity index (χ4n) is 2.64. The summed E-state index contributed by atoms with van der Waals surface area (Å²) in [7, 11) is 0. The summed E-state index contributed by atoms with van der Waals surface area (Å²) in [6, 6.07) is 6.41. The Labute approximate surface area is 131 Å². The molecule has 1 aromatic rings. The fourth-order valence-corrected chi connectivity index (χ4v) is 2.64. The molecule has 0 atom stereocenters. The minimum atomic E-state index is -0.319. The van der Waals surface area contributed by atoms with Gasteiger partial charge in [0.05, 0.1) is 18.2 Å². The van der Waals surface area contributed by atoms with Crippen LogP contribution in [0, 0.1) is 22.6 Å². The molecule has 1 aromatic carbocycles. The van der Waals surface area contributed by atoms with E-state index in [-0.39, 0.29) is 17.8 Å². The SMILES string of the molecule is CCNC(=NCc1cc(C#N)ccc1F)N1CCC(C)(C)C1. The van der Waals surface area contributed by atoms with E-state index in [1.165, 1.54) is 12.1 Å². The van der Waals surface area contributed by atoms with Crippen LogP contribution in [0.1, 0.15) is 38.3 Å². The summed E-state index contributed by atoms with van der Waals surface area (Å²) < 4.78 is 13.8. The van der Waals surface area contributed by atoms with Gasteiger partial charge in [-0.3, -0.25) is 0 Å². The van der Waals surface area contributed by atoms with Gasteiger partial charge < -0.3 is 10.2 Å². The van der Waals surface area contributed by atoms with Gasteiger partial charge in [-0.2, -0.15) is 5.26 Å². The molecule has 0 saturated carbocycles. The molecule has 0 aromatic heterocycles. The van der Waals surface area contributed by atoms with Crippen LogP contribution in [-0.2, 0) is 6.54 Å². The Hall–Kier alpha value is -2.09. The Bertz CT molecular complexity index is 601. The molecule has 0 aliphatic carbocycles. The van der Waals surface area contributed by atoms with Crippen molar-refractivity contribution in [1.29, 1.82) is 5.26 Å². The highest BCUT2D eigenvalue weighted by Gasteiger charge is 2.30. The van der Waals surface area contributed by atoms with Gasteiger partial charge in [0.25, 0.3) is 0 Å². The maximum absolute atomic E-state index is 13.8. The normalized spacial score (nSPS) is 17.4. The average Bonchev–Trinajstić information content (AvgIpc) is 2.85. The zero-order valence-electron chi connectivity index (χ0n) is 13.5. The standard InChI is InChI=1S/C17H23FN4/c1-4-20-16(22-8-7-17(2,3)12-22)21-11-14-9-13(10-19)5-6-15(14)18/h5-6,9H,4,7-8,11-12H2,1-3H3,(H,20,21). The van der Waals surface area contributed by atoms with Crippen molar-refractivity contribution in [3.05, 3.63) is 35.1 Å². The van der Waals surface area contributed by atoms with Gasteiger partial charge in [-0.1, -0.05) is 13.8 Å². The van der Waals surface area contributed by atoms with Crippen molar-refractivity contribution in [3.8, 4) is 6.07 Å². The lowest BCUT2D eigenvalue weighted by molar-refractivity contribution is 0.370. The molecular formula is C17H23FN4. The summed E-state index contributed by atoms with van der Waals surface area (Å²) >= 11 is 0. The topological polar surface area (TPSA) is 51.4 Å². The monoisotopic (exact) mass is 302 g/mol. The largest absolute Gasteiger partial charge is 0.357 e. The number of hydrogen-bond acceptors (Lipinski definition) is 2. The molecule has 1 aliphatic rings. The van der Waals surface area contributed by atoms with Crippen LogP contribution in [0.15, 0.2) is 23.2 Å². The molecule has 0 bridgehead atoms. The first-order valence-electron chi connectivity index (χ1n) is 7.67. The summed E-state index contributed by atoms with van der Waals surface area (Å²) in [5, 5.41) is 12.2. The quantitative estimate of drug-likeness (QED) is 0.690. The molecule has 0 unspecified atom stereocenters. The lowest BCUT2D eigenvalue weighted by Crippen LogP contribution is -2.40. The predicted molar refractivity (Wildman–Crippen MR) is 85.9 cm³/mol. The minimum Gasteiger partial charge on any atom is -0.357 e. The molecule has 2 rings (SSSR count). The number of aliphatic imine (C=N–C) groups is 1. The van der Waals surface area contributed by atoms with Crippen LogP contribution in [0.2, 0.25) is 0 Å². The molecule has 1 heterocycles. The maximum Gasteiger partial charge on any atom is 0.194 e. The Morgan fingerprint density at radius 3 is 2.86 bits per heavy atom. The molecule has 118 valence electrons. The first-order chi connectivity index (χ1) is 10.4.